The first kappa shape index (κ1) is 26.7. The second kappa shape index (κ2) is 11.2. The molecule has 1 N–H and O–H groups in total. The van der Waals surface area contributed by atoms with Crippen molar-refractivity contribution >= 4 is 28.7 Å². The Hall–Kier alpha value is -4.50. The Kier molecular flexibility index (Phi) is 7.28. The highest BCUT2D eigenvalue weighted by molar-refractivity contribution is 5.94. The molecule has 5 heterocycles. The van der Waals surface area contributed by atoms with E-state index in [4.69, 9.17) is 21.3 Å². The second-order valence-electron chi connectivity index (χ2n) is 10.8. The molecule has 3 aliphatic heterocycles. The number of H-pyrrole nitrogens is 1. The van der Waals surface area contributed by atoms with E-state index in [0.29, 0.717) is 51.2 Å². The van der Waals surface area contributed by atoms with Crippen LogP contribution in [0.25, 0.3) is 15.9 Å². The summed E-state index contributed by atoms with van der Waals surface area (Å²) in [6.45, 7) is 14.8. The van der Waals surface area contributed by atoms with E-state index in [2.05, 4.69) is 38.2 Å². The summed E-state index contributed by atoms with van der Waals surface area (Å²) in [5.41, 5.74) is 3.13. The SMILES string of the molecule is [C-]#[N+]C[C@H]1CN(c2nc(OC[C@@H]3CCCN3C)nc3c2CN(C(=O)c2nc4ccccc4[nH]2)C3)CCN1C(=O)C=C. The molecule has 0 bridgehead atoms. The molecular formula is C29H33N9O3. The van der Waals surface area contributed by atoms with E-state index < -0.39 is 0 Å². The van der Waals surface area contributed by atoms with E-state index in [9.17, 15) is 9.59 Å². The number of likely N-dealkylation sites (tertiary alicyclic amines) is 1. The lowest BCUT2D eigenvalue weighted by Crippen LogP contribution is -2.56. The molecule has 3 aromatic rings. The van der Waals surface area contributed by atoms with Gasteiger partial charge in [-0.3, -0.25) is 9.59 Å². The summed E-state index contributed by atoms with van der Waals surface area (Å²) in [4.78, 5) is 54.6. The zero-order valence-corrected chi connectivity index (χ0v) is 23.1. The van der Waals surface area contributed by atoms with Crippen LogP contribution in [0.15, 0.2) is 36.9 Å². The molecule has 12 nitrogen and oxygen atoms in total. The highest BCUT2D eigenvalue weighted by atomic mass is 16.5. The largest absolute Gasteiger partial charge is 0.462 e. The van der Waals surface area contributed by atoms with Gasteiger partial charge in [0.15, 0.2) is 5.82 Å². The van der Waals surface area contributed by atoms with Crippen molar-refractivity contribution in [3.8, 4) is 6.01 Å². The Balaban J connectivity index is 1.29. The lowest BCUT2D eigenvalue weighted by Gasteiger charge is -2.39. The zero-order valence-electron chi connectivity index (χ0n) is 23.1. The van der Waals surface area contributed by atoms with Crippen molar-refractivity contribution in [1.82, 2.24) is 34.6 Å². The number of anilines is 1. The standard InChI is InChI=1S/C29H33N9O3/c1-4-25(39)38-13-12-36(15-20(38)14-30-2)27-21-16-37(28(40)26-31-22-9-5-6-10-23(22)32-26)17-24(21)33-29(34-27)41-18-19-8-7-11-35(19)3/h4-6,9-10,19-20H,1,7-8,11-18H2,3H3,(H,31,32)/t19-,20-/m0/s1. The van der Waals surface area contributed by atoms with Gasteiger partial charge in [-0.2, -0.15) is 9.97 Å². The van der Waals surface area contributed by atoms with Crippen LogP contribution in [0, 0.1) is 6.57 Å². The number of imidazole rings is 1. The summed E-state index contributed by atoms with van der Waals surface area (Å²) in [6, 6.07) is 7.83. The van der Waals surface area contributed by atoms with E-state index >= 15 is 0 Å². The summed E-state index contributed by atoms with van der Waals surface area (Å²) >= 11 is 0. The van der Waals surface area contributed by atoms with Crippen molar-refractivity contribution in [2.45, 2.75) is 38.0 Å². The van der Waals surface area contributed by atoms with Gasteiger partial charge >= 0.3 is 6.01 Å². The molecule has 0 saturated carbocycles. The molecule has 2 saturated heterocycles. The van der Waals surface area contributed by atoms with Crippen LogP contribution in [-0.4, -0.2) is 105 Å². The summed E-state index contributed by atoms with van der Waals surface area (Å²) in [7, 11) is 2.10. The smallest absolute Gasteiger partial charge is 0.318 e. The number of amides is 2. The van der Waals surface area contributed by atoms with Gasteiger partial charge in [0.25, 0.3) is 5.91 Å². The quantitative estimate of drug-likeness (QED) is 0.348. The normalized spacial score (nSPS) is 20.7. The topological polar surface area (TPSA) is 115 Å². The fraction of sp³-hybridized carbons (Fsp3) is 0.448. The predicted octanol–water partition coefficient (Wildman–Crippen LogP) is 2.10. The van der Waals surface area contributed by atoms with Crippen LogP contribution in [0.4, 0.5) is 5.82 Å². The summed E-state index contributed by atoms with van der Waals surface area (Å²) in [5, 5.41) is 0. The van der Waals surface area contributed by atoms with Crippen molar-refractivity contribution in [1.29, 1.82) is 0 Å². The van der Waals surface area contributed by atoms with Gasteiger partial charge in [-0.25, -0.2) is 11.6 Å². The number of hydrogen-bond acceptors (Lipinski definition) is 8. The second-order valence-corrected chi connectivity index (χ2v) is 10.8. The predicted molar refractivity (Wildman–Crippen MR) is 152 cm³/mol. The number of fused-ring (bicyclic) bond motifs is 2. The van der Waals surface area contributed by atoms with Gasteiger partial charge in [0.1, 0.15) is 18.5 Å². The van der Waals surface area contributed by atoms with Gasteiger partial charge in [0.2, 0.25) is 12.5 Å². The van der Waals surface area contributed by atoms with Gasteiger partial charge in [-0.1, -0.05) is 18.7 Å². The molecule has 0 radical (unpaired) electrons. The molecule has 41 heavy (non-hydrogen) atoms. The number of likely N-dealkylation sites (N-methyl/N-ethyl adjacent to an activating group) is 1. The number of aromatic amines is 1. The van der Waals surface area contributed by atoms with E-state index in [1.807, 2.05) is 24.3 Å². The first-order valence-electron chi connectivity index (χ1n) is 13.9. The molecule has 12 heteroatoms. The maximum Gasteiger partial charge on any atom is 0.318 e. The minimum absolute atomic E-state index is 0.178. The van der Waals surface area contributed by atoms with Crippen molar-refractivity contribution in [2.24, 2.45) is 0 Å². The Morgan fingerprint density at radius 2 is 2.02 bits per heavy atom. The van der Waals surface area contributed by atoms with Crippen LogP contribution < -0.4 is 9.64 Å². The molecule has 212 valence electrons. The van der Waals surface area contributed by atoms with Gasteiger partial charge < -0.3 is 34.2 Å². The van der Waals surface area contributed by atoms with Crippen LogP contribution in [0.1, 0.15) is 34.7 Å². The van der Waals surface area contributed by atoms with Crippen molar-refractivity contribution in [2.75, 3.05) is 51.3 Å². The summed E-state index contributed by atoms with van der Waals surface area (Å²) in [5.74, 6) is 0.569. The van der Waals surface area contributed by atoms with Crippen LogP contribution in [0.2, 0.25) is 0 Å². The van der Waals surface area contributed by atoms with E-state index in [-0.39, 0.29) is 36.2 Å². The monoisotopic (exact) mass is 555 g/mol. The highest BCUT2D eigenvalue weighted by Crippen LogP contribution is 2.33. The van der Waals surface area contributed by atoms with Crippen molar-refractivity contribution < 1.29 is 14.3 Å². The number of hydrogen-bond donors (Lipinski definition) is 1. The minimum atomic E-state index is -0.302. The number of nitrogens with one attached hydrogen (secondary N) is 1. The number of ether oxygens (including phenoxy) is 1. The fourth-order valence-electron chi connectivity index (χ4n) is 5.97. The van der Waals surface area contributed by atoms with Crippen LogP contribution >= 0.6 is 0 Å². The summed E-state index contributed by atoms with van der Waals surface area (Å²) in [6.07, 6.45) is 3.49. The number of aromatic nitrogens is 4. The van der Waals surface area contributed by atoms with Crippen LogP contribution in [0.3, 0.4) is 0 Å². The molecule has 1 aromatic carbocycles. The number of benzene rings is 1. The number of rotatable bonds is 7. The molecule has 0 unspecified atom stereocenters. The fourth-order valence-corrected chi connectivity index (χ4v) is 5.97. The third kappa shape index (κ3) is 5.20. The molecule has 0 aliphatic carbocycles. The van der Waals surface area contributed by atoms with Crippen molar-refractivity contribution in [3.63, 3.8) is 0 Å². The summed E-state index contributed by atoms with van der Waals surface area (Å²) < 4.78 is 6.15. The van der Waals surface area contributed by atoms with E-state index in [0.717, 1.165) is 41.7 Å². The maximum absolute atomic E-state index is 13.5. The van der Waals surface area contributed by atoms with Gasteiger partial charge in [0, 0.05) is 31.2 Å². The molecule has 0 spiro atoms. The first-order valence-corrected chi connectivity index (χ1v) is 13.9. The third-order valence-corrected chi connectivity index (χ3v) is 8.24. The number of nitrogens with zero attached hydrogens (tertiary/aromatic N) is 8. The average molecular weight is 556 g/mol. The maximum atomic E-state index is 13.5. The van der Waals surface area contributed by atoms with E-state index in [1.165, 1.54) is 6.08 Å². The van der Waals surface area contributed by atoms with Gasteiger partial charge in [0.05, 0.1) is 29.8 Å². The van der Waals surface area contributed by atoms with Crippen LogP contribution in [0.5, 0.6) is 6.01 Å². The molecule has 2 aromatic heterocycles. The lowest BCUT2D eigenvalue weighted by atomic mass is 10.1. The van der Waals surface area contributed by atoms with Gasteiger partial charge in [-0.15, -0.1) is 0 Å². The molecular weight excluding hydrogens is 522 g/mol. The lowest BCUT2D eigenvalue weighted by molar-refractivity contribution is -0.128. The Labute approximate surface area is 238 Å². The molecule has 3 aliphatic rings. The van der Waals surface area contributed by atoms with E-state index in [1.54, 1.807) is 9.80 Å². The Bertz CT molecular complexity index is 1500. The molecule has 2 atom stereocenters. The minimum Gasteiger partial charge on any atom is -0.462 e. The average Bonchev–Trinajstić information content (AvgIpc) is 3.73. The van der Waals surface area contributed by atoms with Gasteiger partial charge in [-0.05, 0) is 44.6 Å². The number of para-hydroxylation sites is 2. The van der Waals surface area contributed by atoms with Crippen LogP contribution in [-0.2, 0) is 17.9 Å². The Morgan fingerprint density at radius 1 is 1.17 bits per heavy atom. The number of carbonyl (C=O) groups excluding carboxylic acids is 2. The first-order chi connectivity index (χ1) is 19.9. The van der Waals surface area contributed by atoms with Crippen molar-refractivity contribution in [3.05, 3.63) is 65.4 Å². The molecule has 2 fully saturated rings. The third-order valence-electron chi connectivity index (χ3n) is 8.24. The molecule has 6 rings (SSSR count). The molecule has 2 amide bonds. The Morgan fingerprint density at radius 3 is 2.78 bits per heavy atom. The zero-order chi connectivity index (χ0) is 28.5. The number of piperazine rings is 1. The highest BCUT2D eigenvalue weighted by Gasteiger charge is 2.37. The number of carbonyl (C=O) groups is 2.